The molecule has 1 aliphatic heterocycles. The Bertz CT molecular complexity index is 1110. The fraction of sp³-hybridized carbons (Fsp3) is 0.423. The van der Waals surface area contributed by atoms with Gasteiger partial charge in [-0.3, -0.25) is 0 Å². The second-order valence-corrected chi connectivity index (χ2v) is 9.23. The van der Waals surface area contributed by atoms with Crippen LogP contribution in [0.2, 0.25) is 0 Å². The van der Waals surface area contributed by atoms with Gasteiger partial charge in [-0.15, -0.1) is 0 Å². The van der Waals surface area contributed by atoms with Crippen LogP contribution in [0.25, 0.3) is 0 Å². The number of aryl methyl sites for hydroxylation is 1. The molecule has 5 nitrogen and oxygen atoms in total. The normalized spacial score (nSPS) is 20.0. The van der Waals surface area contributed by atoms with E-state index in [1.54, 1.807) is 18.3 Å². The molecule has 8 heteroatoms. The Morgan fingerprint density at radius 1 is 1.38 bits per heavy atom. The van der Waals surface area contributed by atoms with Gasteiger partial charge in [0, 0.05) is 48.7 Å². The summed E-state index contributed by atoms with van der Waals surface area (Å²) < 4.78 is 40.0. The molecule has 4 rings (SSSR count). The van der Waals surface area contributed by atoms with E-state index in [4.69, 9.17) is 5.73 Å². The minimum atomic E-state index is -4.20. The van der Waals surface area contributed by atoms with Crippen LogP contribution in [0.1, 0.15) is 42.6 Å². The average molecular weight is 470 g/mol. The van der Waals surface area contributed by atoms with Gasteiger partial charge in [-0.1, -0.05) is 42.8 Å². The van der Waals surface area contributed by atoms with Gasteiger partial charge in [0.15, 0.2) is 5.82 Å². The number of allylic oxidation sites excluding steroid dienone is 1. The van der Waals surface area contributed by atoms with E-state index in [2.05, 4.69) is 40.1 Å². The fourth-order valence-corrected chi connectivity index (χ4v) is 4.17. The molecule has 2 fully saturated rings. The molecule has 1 aromatic heterocycles. The van der Waals surface area contributed by atoms with E-state index < -0.39 is 12.6 Å². The second kappa shape index (κ2) is 9.59. The van der Waals surface area contributed by atoms with Gasteiger partial charge in [0.2, 0.25) is 0 Å². The number of alkyl halides is 3. The van der Waals surface area contributed by atoms with Crippen molar-refractivity contribution in [3.05, 3.63) is 77.7 Å². The van der Waals surface area contributed by atoms with Gasteiger partial charge in [-0.2, -0.15) is 13.2 Å². The lowest BCUT2D eigenvalue weighted by Crippen LogP contribution is -2.49. The van der Waals surface area contributed by atoms with Gasteiger partial charge in [-0.25, -0.2) is 4.98 Å². The molecule has 2 unspecified atom stereocenters. The molecule has 2 heterocycles. The van der Waals surface area contributed by atoms with Gasteiger partial charge in [0.1, 0.15) is 0 Å². The van der Waals surface area contributed by atoms with Crippen molar-refractivity contribution in [2.24, 2.45) is 12.8 Å². The van der Waals surface area contributed by atoms with E-state index in [0.717, 1.165) is 37.1 Å². The van der Waals surface area contributed by atoms with Crippen molar-refractivity contribution in [3.8, 4) is 11.8 Å². The van der Waals surface area contributed by atoms with Crippen LogP contribution in [0.15, 0.2) is 60.7 Å². The van der Waals surface area contributed by atoms with Crippen LogP contribution < -0.4 is 16.4 Å². The van der Waals surface area contributed by atoms with Crippen LogP contribution in [-0.2, 0) is 18.9 Å². The lowest BCUT2D eigenvalue weighted by Gasteiger charge is -2.33. The number of nitrogens with two attached hydrogens (primary N) is 1. The van der Waals surface area contributed by atoms with E-state index in [1.807, 2.05) is 29.9 Å². The molecule has 2 aromatic rings. The number of imidazole rings is 1. The Labute approximate surface area is 198 Å². The highest BCUT2D eigenvalue weighted by Crippen LogP contribution is 2.50. The second-order valence-electron chi connectivity index (χ2n) is 9.23. The minimum absolute atomic E-state index is 0.173. The summed E-state index contributed by atoms with van der Waals surface area (Å²) in [5, 5.41) is 7.02. The molecule has 4 N–H and O–H groups in total. The van der Waals surface area contributed by atoms with Crippen molar-refractivity contribution < 1.29 is 13.2 Å². The summed E-state index contributed by atoms with van der Waals surface area (Å²) in [6.07, 6.45) is 4.06. The van der Waals surface area contributed by atoms with Crippen molar-refractivity contribution in [1.82, 2.24) is 20.2 Å². The van der Waals surface area contributed by atoms with Crippen molar-refractivity contribution in [3.63, 3.8) is 0 Å². The Kier molecular flexibility index (Phi) is 6.76. The monoisotopic (exact) mass is 469 g/mol. The standard InChI is InChI=1S/C26H30F3N5/c1-18(30)15-21(7-8-24-32-13-14-34(24)2)33-23(22-9-12-31-22)17-25(10-11-25)20-5-3-19(4-6-20)16-26(27,28)29/h3-6,13-14,17,21-22,31,33H,1,9-12,15-16,30H2,2H3/b23-17+. The summed E-state index contributed by atoms with van der Waals surface area (Å²) in [5.41, 5.74) is 8.65. The summed E-state index contributed by atoms with van der Waals surface area (Å²) in [7, 11) is 1.89. The first kappa shape index (κ1) is 24.0. The summed E-state index contributed by atoms with van der Waals surface area (Å²) in [6.45, 7) is 4.79. The molecule has 1 aliphatic carbocycles. The van der Waals surface area contributed by atoms with Crippen molar-refractivity contribution in [2.45, 2.75) is 55.8 Å². The maximum absolute atomic E-state index is 12.7. The van der Waals surface area contributed by atoms with E-state index in [9.17, 15) is 13.2 Å². The topological polar surface area (TPSA) is 67.9 Å². The highest BCUT2D eigenvalue weighted by atomic mass is 19.4. The summed E-state index contributed by atoms with van der Waals surface area (Å²) in [6, 6.07) is 6.78. The van der Waals surface area contributed by atoms with Gasteiger partial charge in [0.05, 0.1) is 12.5 Å². The van der Waals surface area contributed by atoms with Gasteiger partial charge < -0.3 is 20.9 Å². The van der Waals surface area contributed by atoms with E-state index in [-0.39, 0.29) is 23.1 Å². The Balaban J connectivity index is 1.57. The first-order valence-electron chi connectivity index (χ1n) is 11.4. The molecule has 0 amide bonds. The summed E-state index contributed by atoms with van der Waals surface area (Å²) in [5.74, 6) is 7.03. The van der Waals surface area contributed by atoms with Crippen LogP contribution >= 0.6 is 0 Å². The molecule has 2 aliphatic rings. The largest absolute Gasteiger partial charge is 0.402 e. The van der Waals surface area contributed by atoms with E-state index in [0.29, 0.717) is 17.9 Å². The third kappa shape index (κ3) is 6.03. The molecule has 180 valence electrons. The minimum Gasteiger partial charge on any atom is -0.402 e. The van der Waals surface area contributed by atoms with Crippen LogP contribution in [0.3, 0.4) is 0 Å². The van der Waals surface area contributed by atoms with Gasteiger partial charge in [0.25, 0.3) is 0 Å². The highest BCUT2D eigenvalue weighted by molar-refractivity contribution is 5.41. The Hall–Kier alpha value is -3.18. The fourth-order valence-electron chi connectivity index (χ4n) is 4.17. The van der Waals surface area contributed by atoms with E-state index in [1.165, 1.54) is 0 Å². The highest BCUT2D eigenvalue weighted by Gasteiger charge is 2.43. The van der Waals surface area contributed by atoms with Crippen LogP contribution in [0.4, 0.5) is 13.2 Å². The number of hydrogen-bond acceptors (Lipinski definition) is 4. The van der Waals surface area contributed by atoms with Gasteiger partial charge in [-0.05, 0) is 42.9 Å². The first-order valence-corrected chi connectivity index (χ1v) is 11.4. The van der Waals surface area contributed by atoms with Crippen LogP contribution in [0.5, 0.6) is 0 Å². The molecule has 0 bridgehead atoms. The maximum atomic E-state index is 12.7. The predicted octanol–water partition coefficient (Wildman–Crippen LogP) is 3.67. The molecule has 2 atom stereocenters. The third-order valence-electron chi connectivity index (χ3n) is 6.34. The molecular weight excluding hydrogens is 439 g/mol. The lowest BCUT2D eigenvalue weighted by atomic mass is 9.90. The number of halogens is 3. The van der Waals surface area contributed by atoms with Crippen LogP contribution in [-0.4, -0.2) is 34.4 Å². The zero-order valence-corrected chi connectivity index (χ0v) is 19.3. The number of benzene rings is 1. The molecule has 1 saturated heterocycles. The zero-order chi connectivity index (χ0) is 24.3. The van der Waals surface area contributed by atoms with Gasteiger partial charge >= 0.3 is 6.18 Å². The molecule has 1 saturated carbocycles. The maximum Gasteiger partial charge on any atom is 0.393 e. The summed E-state index contributed by atoms with van der Waals surface area (Å²) >= 11 is 0. The van der Waals surface area contributed by atoms with Crippen molar-refractivity contribution in [2.75, 3.05) is 6.54 Å². The molecule has 1 aromatic carbocycles. The number of nitrogens with one attached hydrogen (secondary N) is 2. The average Bonchev–Trinajstić information content (AvgIpc) is 3.36. The quantitative estimate of drug-likeness (QED) is 0.516. The zero-order valence-electron chi connectivity index (χ0n) is 19.3. The Morgan fingerprint density at radius 2 is 2.09 bits per heavy atom. The van der Waals surface area contributed by atoms with E-state index >= 15 is 0 Å². The third-order valence-corrected chi connectivity index (χ3v) is 6.34. The number of rotatable bonds is 8. The smallest absolute Gasteiger partial charge is 0.393 e. The number of nitrogens with zero attached hydrogens (tertiary/aromatic N) is 2. The lowest BCUT2D eigenvalue weighted by molar-refractivity contribution is -0.127. The Morgan fingerprint density at radius 3 is 2.59 bits per heavy atom. The SMILES string of the molecule is C=C(N)CC(C#Cc1nccn1C)N/C(=C/C1(c2ccc(CC(F)(F)F)cc2)CC1)C1CCN1. The van der Waals surface area contributed by atoms with Crippen molar-refractivity contribution >= 4 is 0 Å². The first-order chi connectivity index (χ1) is 16.1. The van der Waals surface area contributed by atoms with Crippen LogP contribution in [0, 0.1) is 11.8 Å². The molecular formula is C26H30F3N5. The predicted molar refractivity (Wildman–Crippen MR) is 127 cm³/mol. The molecule has 0 radical (unpaired) electrons. The number of aromatic nitrogens is 2. The number of hydrogen-bond donors (Lipinski definition) is 3. The molecule has 34 heavy (non-hydrogen) atoms. The summed E-state index contributed by atoms with van der Waals surface area (Å²) in [4.78, 5) is 4.26. The van der Waals surface area contributed by atoms with Crippen molar-refractivity contribution in [1.29, 1.82) is 0 Å². The molecule has 0 spiro atoms.